The van der Waals surface area contributed by atoms with E-state index in [0.29, 0.717) is 6.42 Å². The van der Waals surface area contributed by atoms with Crippen molar-refractivity contribution in [3.8, 4) is 5.75 Å². The Morgan fingerprint density at radius 2 is 2.20 bits per heavy atom. The molecular weight excluding hydrogens is 188 g/mol. The van der Waals surface area contributed by atoms with E-state index in [0.717, 1.165) is 16.9 Å². The van der Waals surface area contributed by atoms with Gasteiger partial charge < -0.3 is 9.84 Å². The van der Waals surface area contributed by atoms with E-state index in [-0.39, 0.29) is 0 Å². The van der Waals surface area contributed by atoms with Crippen LogP contribution in [0, 0.1) is 0 Å². The second-order valence-corrected chi connectivity index (χ2v) is 4.14. The SMILES string of the molecule is C=C(C)C[C@@](C)(O)c1cccc(OC)c1. The summed E-state index contributed by atoms with van der Waals surface area (Å²) >= 11 is 0. The lowest BCUT2D eigenvalue weighted by Gasteiger charge is -2.24. The molecule has 0 fully saturated rings. The highest BCUT2D eigenvalue weighted by atomic mass is 16.5. The van der Waals surface area contributed by atoms with Gasteiger partial charge in [-0.15, -0.1) is 6.58 Å². The van der Waals surface area contributed by atoms with Crippen LogP contribution in [-0.2, 0) is 5.60 Å². The van der Waals surface area contributed by atoms with Gasteiger partial charge in [0.1, 0.15) is 5.75 Å². The highest BCUT2D eigenvalue weighted by Gasteiger charge is 2.23. The summed E-state index contributed by atoms with van der Waals surface area (Å²) in [6.45, 7) is 7.52. The van der Waals surface area contributed by atoms with Crippen LogP contribution in [0.1, 0.15) is 25.8 Å². The van der Waals surface area contributed by atoms with Gasteiger partial charge in [0.25, 0.3) is 0 Å². The Morgan fingerprint density at radius 1 is 1.53 bits per heavy atom. The lowest BCUT2D eigenvalue weighted by atomic mass is 9.90. The molecule has 1 aromatic rings. The largest absolute Gasteiger partial charge is 0.497 e. The summed E-state index contributed by atoms with van der Waals surface area (Å²) in [6, 6.07) is 7.48. The zero-order chi connectivity index (χ0) is 11.5. The summed E-state index contributed by atoms with van der Waals surface area (Å²) < 4.78 is 5.12. The van der Waals surface area contributed by atoms with E-state index in [4.69, 9.17) is 4.74 Å². The van der Waals surface area contributed by atoms with E-state index in [1.54, 1.807) is 14.0 Å². The molecule has 1 aromatic carbocycles. The highest BCUT2D eigenvalue weighted by Crippen LogP contribution is 2.29. The summed E-state index contributed by atoms with van der Waals surface area (Å²) in [7, 11) is 1.62. The molecule has 0 spiro atoms. The van der Waals surface area contributed by atoms with Gasteiger partial charge in [0.2, 0.25) is 0 Å². The fraction of sp³-hybridized carbons (Fsp3) is 0.385. The number of ether oxygens (including phenoxy) is 1. The van der Waals surface area contributed by atoms with Crippen molar-refractivity contribution in [3.63, 3.8) is 0 Å². The minimum absolute atomic E-state index is 0.556. The molecule has 15 heavy (non-hydrogen) atoms. The van der Waals surface area contributed by atoms with Gasteiger partial charge in [0.05, 0.1) is 12.7 Å². The van der Waals surface area contributed by atoms with Gasteiger partial charge in [-0.25, -0.2) is 0 Å². The Bertz CT molecular complexity index is 353. The first-order valence-corrected chi connectivity index (χ1v) is 4.97. The van der Waals surface area contributed by atoms with Crippen molar-refractivity contribution < 1.29 is 9.84 Å². The zero-order valence-electron chi connectivity index (χ0n) is 9.58. The van der Waals surface area contributed by atoms with Gasteiger partial charge in [0, 0.05) is 6.42 Å². The lowest BCUT2D eigenvalue weighted by Crippen LogP contribution is -2.21. The summed E-state index contributed by atoms with van der Waals surface area (Å²) in [4.78, 5) is 0. The van der Waals surface area contributed by atoms with Crippen LogP contribution in [0.5, 0.6) is 5.75 Å². The van der Waals surface area contributed by atoms with Crippen LogP contribution in [0.25, 0.3) is 0 Å². The molecule has 0 bridgehead atoms. The average molecular weight is 206 g/mol. The average Bonchev–Trinajstić information content (AvgIpc) is 2.16. The van der Waals surface area contributed by atoms with Crippen LogP contribution in [-0.4, -0.2) is 12.2 Å². The maximum Gasteiger partial charge on any atom is 0.119 e. The van der Waals surface area contributed by atoms with E-state index < -0.39 is 5.60 Å². The first kappa shape index (κ1) is 11.8. The summed E-state index contributed by atoms with van der Waals surface area (Å²) in [5.74, 6) is 0.759. The minimum Gasteiger partial charge on any atom is -0.497 e. The summed E-state index contributed by atoms with van der Waals surface area (Å²) in [6.07, 6.45) is 0.556. The minimum atomic E-state index is -0.875. The molecule has 0 aromatic heterocycles. The molecule has 0 radical (unpaired) electrons. The van der Waals surface area contributed by atoms with Crippen LogP contribution < -0.4 is 4.74 Å². The predicted octanol–water partition coefficient (Wildman–Crippen LogP) is 2.87. The highest BCUT2D eigenvalue weighted by molar-refractivity contribution is 5.32. The number of aliphatic hydroxyl groups is 1. The van der Waals surface area contributed by atoms with Crippen LogP contribution >= 0.6 is 0 Å². The van der Waals surface area contributed by atoms with Crippen LogP contribution in [0.2, 0.25) is 0 Å². The van der Waals surface area contributed by atoms with Crippen molar-refractivity contribution in [2.75, 3.05) is 7.11 Å². The molecule has 0 aliphatic carbocycles. The Hall–Kier alpha value is -1.28. The number of benzene rings is 1. The zero-order valence-corrected chi connectivity index (χ0v) is 9.58. The number of hydrogen-bond donors (Lipinski definition) is 1. The molecule has 2 heteroatoms. The van der Waals surface area contributed by atoms with Crippen molar-refractivity contribution in [1.82, 2.24) is 0 Å². The van der Waals surface area contributed by atoms with Crippen molar-refractivity contribution >= 4 is 0 Å². The van der Waals surface area contributed by atoms with Crippen molar-refractivity contribution in [2.45, 2.75) is 25.9 Å². The number of hydrogen-bond acceptors (Lipinski definition) is 2. The third-order valence-electron chi connectivity index (χ3n) is 2.34. The molecule has 0 saturated carbocycles. The van der Waals surface area contributed by atoms with E-state index in [2.05, 4.69) is 6.58 Å². The molecule has 0 aliphatic heterocycles. The molecule has 0 unspecified atom stereocenters. The Kier molecular flexibility index (Phi) is 3.53. The topological polar surface area (TPSA) is 29.5 Å². The van der Waals surface area contributed by atoms with Gasteiger partial charge >= 0.3 is 0 Å². The fourth-order valence-corrected chi connectivity index (χ4v) is 1.65. The standard InChI is InChI=1S/C13H18O2/c1-10(2)9-13(3,14)11-6-5-7-12(8-11)15-4/h5-8,14H,1,9H2,2-4H3/t13-/m1/s1. The van der Waals surface area contributed by atoms with Crippen molar-refractivity contribution in [3.05, 3.63) is 42.0 Å². The predicted molar refractivity (Wildman–Crippen MR) is 62.0 cm³/mol. The van der Waals surface area contributed by atoms with Crippen molar-refractivity contribution in [1.29, 1.82) is 0 Å². The molecule has 1 N–H and O–H groups in total. The smallest absolute Gasteiger partial charge is 0.119 e. The van der Waals surface area contributed by atoms with E-state index in [1.807, 2.05) is 31.2 Å². The van der Waals surface area contributed by atoms with E-state index in [9.17, 15) is 5.11 Å². The lowest BCUT2D eigenvalue weighted by molar-refractivity contribution is 0.0575. The van der Waals surface area contributed by atoms with Crippen LogP contribution in [0.15, 0.2) is 36.4 Å². The first-order valence-electron chi connectivity index (χ1n) is 4.97. The summed E-state index contributed by atoms with van der Waals surface area (Å²) in [5, 5.41) is 10.3. The fourth-order valence-electron chi connectivity index (χ4n) is 1.65. The van der Waals surface area contributed by atoms with Gasteiger partial charge in [0.15, 0.2) is 0 Å². The molecule has 0 heterocycles. The van der Waals surface area contributed by atoms with E-state index in [1.165, 1.54) is 0 Å². The third kappa shape index (κ3) is 3.10. The van der Waals surface area contributed by atoms with Gasteiger partial charge in [-0.1, -0.05) is 17.7 Å². The molecule has 1 rings (SSSR count). The maximum atomic E-state index is 10.3. The molecular formula is C13H18O2. The maximum absolute atomic E-state index is 10.3. The molecule has 1 atom stereocenters. The van der Waals surface area contributed by atoms with Gasteiger partial charge in [-0.05, 0) is 31.5 Å². The summed E-state index contributed by atoms with van der Waals surface area (Å²) in [5.41, 5.74) is 0.938. The first-order chi connectivity index (χ1) is 6.95. The Morgan fingerprint density at radius 3 is 2.73 bits per heavy atom. The number of rotatable bonds is 4. The second kappa shape index (κ2) is 4.49. The van der Waals surface area contributed by atoms with E-state index >= 15 is 0 Å². The molecule has 0 aliphatic rings. The van der Waals surface area contributed by atoms with Gasteiger partial charge in [-0.3, -0.25) is 0 Å². The van der Waals surface area contributed by atoms with Crippen LogP contribution in [0.4, 0.5) is 0 Å². The quantitative estimate of drug-likeness (QED) is 0.767. The molecule has 0 amide bonds. The van der Waals surface area contributed by atoms with Crippen molar-refractivity contribution in [2.24, 2.45) is 0 Å². The molecule has 0 saturated heterocycles. The van der Waals surface area contributed by atoms with Crippen LogP contribution in [0.3, 0.4) is 0 Å². The number of methoxy groups -OCH3 is 1. The third-order valence-corrected chi connectivity index (χ3v) is 2.34. The Balaban J connectivity index is 2.98. The molecule has 2 nitrogen and oxygen atoms in total. The normalized spacial score (nSPS) is 14.4. The monoisotopic (exact) mass is 206 g/mol. The second-order valence-electron chi connectivity index (χ2n) is 4.14. The molecule has 82 valence electrons. The van der Waals surface area contributed by atoms with Gasteiger partial charge in [-0.2, -0.15) is 0 Å². The Labute approximate surface area is 91.2 Å².